The van der Waals surface area contributed by atoms with E-state index in [9.17, 15) is 0 Å². The van der Waals surface area contributed by atoms with Gasteiger partial charge in [0.05, 0.1) is 22.1 Å². The van der Waals surface area contributed by atoms with E-state index in [0.717, 1.165) is 88.7 Å². The molecule has 0 radical (unpaired) electrons. The van der Waals surface area contributed by atoms with Gasteiger partial charge in [-0.25, -0.2) is 19.9 Å². The fourth-order valence-corrected chi connectivity index (χ4v) is 9.31. The molecule has 13 rings (SSSR count). The van der Waals surface area contributed by atoms with Crippen LogP contribution >= 0.6 is 0 Å². The maximum Gasteiger partial charge on any atom is 0.227 e. The lowest BCUT2D eigenvalue weighted by Crippen LogP contribution is -2.00. The largest absolute Gasteiger partial charge is 0.436 e. The molecule has 13 aromatic rings. The topological polar surface area (TPSA) is 74.6 Å². The van der Waals surface area contributed by atoms with E-state index in [1.807, 2.05) is 105 Å². The minimum absolute atomic E-state index is 0.616. The molecule has 0 N–H and O–H groups in total. The maximum absolute atomic E-state index is 6.41. The van der Waals surface area contributed by atoms with Crippen LogP contribution in [0, 0.1) is 0 Å². The van der Waals surface area contributed by atoms with Gasteiger partial charge in [0.2, 0.25) is 5.89 Å². The van der Waals surface area contributed by atoms with Crippen LogP contribution in [0.3, 0.4) is 0 Å². The molecule has 0 aliphatic rings. The Hall–Kier alpha value is -8.94. The van der Waals surface area contributed by atoms with Crippen molar-refractivity contribution in [2.45, 2.75) is 13.8 Å². The fourth-order valence-electron chi connectivity index (χ4n) is 9.31. The molecule has 0 saturated heterocycles. The Morgan fingerprint density at radius 1 is 0.313 bits per heavy atom. The van der Waals surface area contributed by atoms with Crippen LogP contribution < -0.4 is 0 Å². The summed E-state index contributed by atoms with van der Waals surface area (Å²) in [6.07, 6.45) is 0. The minimum atomic E-state index is 0.616. The van der Waals surface area contributed by atoms with Crippen molar-refractivity contribution in [1.82, 2.24) is 29.1 Å². The third-order valence-electron chi connectivity index (χ3n) is 12.4. The summed E-state index contributed by atoms with van der Waals surface area (Å²) in [5, 5.41) is 4.63. The molecule has 9 aromatic carbocycles. The van der Waals surface area contributed by atoms with E-state index in [1.165, 1.54) is 10.8 Å². The molecular formula is C60H42N6O. The summed E-state index contributed by atoms with van der Waals surface area (Å²) in [6.45, 7) is 4.00. The lowest BCUT2D eigenvalue weighted by Gasteiger charge is -2.11. The van der Waals surface area contributed by atoms with E-state index in [0.29, 0.717) is 23.4 Å². The molecule has 0 saturated carbocycles. The van der Waals surface area contributed by atoms with Gasteiger partial charge in [-0.15, -0.1) is 0 Å². The Balaban J connectivity index is 0.00000231. The van der Waals surface area contributed by atoms with Crippen LogP contribution in [0.1, 0.15) is 13.8 Å². The third kappa shape index (κ3) is 6.92. The van der Waals surface area contributed by atoms with E-state index < -0.39 is 0 Å². The molecule has 67 heavy (non-hydrogen) atoms. The molecule has 0 atom stereocenters. The second-order valence-electron chi connectivity index (χ2n) is 16.3. The van der Waals surface area contributed by atoms with Crippen LogP contribution in [0.5, 0.6) is 0 Å². The molecule has 0 fully saturated rings. The van der Waals surface area contributed by atoms with Crippen LogP contribution in [-0.2, 0) is 0 Å². The number of fused-ring (bicyclic) bond motifs is 7. The molecule has 318 valence electrons. The molecule has 0 spiro atoms. The second kappa shape index (κ2) is 16.6. The molecule has 7 heteroatoms. The van der Waals surface area contributed by atoms with Gasteiger partial charge in [0, 0.05) is 55.2 Å². The summed E-state index contributed by atoms with van der Waals surface area (Å²) in [4.78, 5) is 19.8. The number of nitrogens with zero attached hydrogens (tertiary/aromatic N) is 6. The number of hydrogen-bond acceptors (Lipinski definition) is 5. The molecular weight excluding hydrogens is 821 g/mol. The first-order valence-electron chi connectivity index (χ1n) is 22.7. The molecule has 0 aliphatic carbocycles. The summed E-state index contributed by atoms with van der Waals surface area (Å²) >= 11 is 0. The summed E-state index contributed by atoms with van der Waals surface area (Å²) < 4.78 is 11.1. The van der Waals surface area contributed by atoms with Crippen LogP contribution in [-0.4, -0.2) is 29.1 Å². The first-order valence-corrected chi connectivity index (χ1v) is 22.7. The fraction of sp³-hybridized carbons (Fsp3) is 0.0333. The van der Waals surface area contributed by atoms with Gasteiger partial charge < -0.3 is 13.6 Å². The van der Waals surface area contributed by atoms with Crippen molar-refractivity contribution < 1.29 is 4.42 Å². The predicted molar refractivity (Wildman–Crippen MR) is 275 cm³/mol. The first kappa shape index (κ1) is 39.6. The van der Waals surface area contributed by atoms with Gasteiger partial charge in [0.15, 0.2) is 23.1 Å². The van der Waals surface area contributed by atoms with E-state index in [2.05, 4.69) is 137 Å². The highest BCUT2D eigenvalue weighted by atomic mass is 16.3. The molecule has 0 amide bonds. The highest BCUT2D eigenvalue weighted by Crippen LogP contribution is 2.40. The van der Waals surface area contributed by atoms with E-state index in [4.69, 9.17) is 24.4 Å². The number of rotatable bonds is 7. The van der Waals surface area contributed by atoms with Gasteiger partial charge in [-0.2, -0.15) is 0 Å². The number of para-hydroxylation sites is 2. The van der Waals surface area contributed by atoms with Crippen LogP contribution in [0.25, 0.3) is 123 Å². The second-order valence-corrected chi connectivity index (χ2v) is 16.3. The van der Waals surface area contributed by atoms with Crippen molar-refractivity contribution in [2.24, 2.45) is 0 Å². The zero-order valence-electron chi connectivity index (χ0n) is 36.9. The molecule has 0 unspecified atom stereocenters. The van der Waals surface area contributed by atoms with Crippen molar-refractivity contribution in [1.29, 1.82) is 0 Å². The van der Waals surface area contributed by atoms with Crippen LogP contribution in [0.15, 0.2) is 223 Å². The molecule has 7 nitrogen and oxygen atoms in total. The summed E-state index contributed by atoms with van der Waals surface area (Å²) in [7, 11) is 0. The van der Waals surface area contributed by atoms with Gasteiger partial charge in [0.1, 0.15) is 5.52 Å². The molecule has 0 bridgehead atoms. The van der Waals surface area contributed by atoms with Crippen LogP contribution in [0.4, 0.5) is 0 Å². The smallest absolute Gasteiger partial charge is 0.227 e. The zero-order chi connectivity index (χ0) is 44.8. The lowest BCUT2D eigenvalue weighted by atomic mass is 10.0. The summed E-state index contributed by atoms with van der Waals surface area (Å²) in [5.74, 6) is 2.53. The average Bonchev–Trinajstić information content (AvgIpc) is 4.09. The number of benzene rings is 9. The summed E-state index contributed by atoms with van der Waals surface area (Å²) in [5.41, 5.74) is 14.2. The Bertz CT molecular complexity index is 3860. The molecule has 4 aromatic heterocycles. The van der Waals surface area contributed by atoms with Gasteiger partial charge in [-0.3, -0.25) is 0 Å². The molecule has 4 heterocycles. The first-order chi connectivity index (χ1) is 33.2. The number of aromatic nitrogens is 6. The van der Waals surface area contributed by atoms with Crippen LogP contribution in [0.2, 0.25) is 0 Å². The standard InChI is InChI=1S/C58H36N6O.C2H6/c1-5-15-37(16-6-1)55-60-56(38-17-7-2-8-18-38)62-57(61-55)39-25-29-44(30-26-39)63-50-24-14-13-23-45(50)46-33-41(27-31-51(46)63)42-28-32-52-47(34-42)48-35-54-49(59-58(65-54)40-19-9-3-10-20-40)36-53(48)64(52)43-21-11-4-12-22-43;1-2/h1-36H;1-2H3. The Kier molecular flexibility index (Phi) is 9.80. The van der Waals surface area contributed by atoms with E-state index in [-0.39, 0.29) is 0 Å². The van der Waals surface area contributed by atoms with Crippen molar-refractivity contribution >= 4 is 54.7 Å². The highest BCUT2D eigenvalue weighted by molar-refractivity contribution is 6.14. The van der Waals surface area contributed by atoms with E-state index >= 15 is 0 Å². The lowest BCUT2D eigenvalue weighted by molar-refractivity contribution is 0.620. The van der Waals surface area contributed by atoms with Gasteiger partial charge in [-0.05, 0) is 102 Å². The van der Waals surface area contributed by atoms with Crippen molar-refractivity contribution in [3.05, 3.63) is 218 Å². The minimum Gasteiger partial charge on any atom is -0.436 e. The Morgan fingerprint density at radius 2 is 0.731 bits per heavy atom. The normalized spacial score (nSPS) is 11.4. The van der Waals surface area contributed by atoms with Crippen molar-refractivity contribution in [3.63, 3.8) is 0 Å². The predicted octanol–water partition coefficient (Wildman–Crippen LogP) is 15.6. The van der Waals surface area contributed by atoms with Crippen molar-refractivity contribution in [2.75, 3.05) is 0 Å². The van der Waals surface area contributed by atoms with Gasteiger partial charge in [-0.1, -0.05) is 141 Å². The van der Waals surface area contributed by atoms with Crippen molar-refractivity contribution in [3.8, 4) is 68.1 Å². The average molecular weight is 863 g/mol. The maximum atomic E-state index is 6.41. The Morgan fingerprint density at radius 3 is 1.31 bits per heavy atom. The number of oxazole rings is 1. The number of hydrogen-bond donors (Lipinski definition) is 0. The third-order valence-corrected chi connectivity index (χ3v) is 12.4. The quantitative estimate of drug-likeness (QED) is 0.160. The zero-order valence-corrected chi connectivity index (χ0v) is 36.9. The SMILES string of the molecule is CC.c1ccc(-c2nc(-c3ccccc3)nc(-c3ccc(-n4c5ccccc5c5cc(-c6ccc7c(c6)c6cc8oc(-c9ccccc9)nc8cc6n7-c6ccccc6)ccc54)cc3)n2)cc1. The molecule has 0 aliphatic heterocycles. The highest BCUT2D eigenvalue weighted by Gasteiger charge is 2.19. The van der Waals surface area contributed by atoms with Gasteiger partial charge in [0.25, 0.3) is 0 Å². The Labute approximate surface area is 386 Å². The summed E-state index contributed by atoms with van der Waals surface area (Å²) in [6, 6.07) is 75.9. The van der Waals surface area contributed by atoms with Gasteiger partial charge >= 0.3 is 0 Å². The van der Waals surface area contributed by atoms with E-state index in [1.54, 1.807) is 0 Å². The monoisotopic (exact) mass is 862 g/mol.